The molecule has 2 aromatic heterocycles. The normalized spacial score (nSPS) is 10.5. The van der Waals surface area contributed by atoms with Crippen LogP contribution in [0.25, 0.3) is 10.2 Å². The van der Waals surface area contributed by atoms with E-state index in [-0.39, 0.29) is 18.2 Å². The molecule has 2 rings (SSSR count). The van der Waals surface area contributed by atoms with E-state index < -0.39 is 0 Å². The van der Waals surface area contributed by atoms with Crippen LogP contribution in [0.1, 0.15) is 16.1 Å². The average molecular weight is 293 g/mol. The summed E-state index contributed by atoms with van der Waals surface area (Å²) in [4.78, 5) is 26.0. The number of hydrogen-bond acceptors (Lipinski definition) is 6. The summed E-state index contributed by atoms with van der Waals surface area (Å²) in [6, 6.07) is 1.73. The molecule has 3 N–H and O–H groups in total. The molecule has 7 nitrogen and oxygen atoms in total. The van der Waals surface area contributed by atoms with Crippen LogP contribution in [0.2, 0.25) is 0 Å². The Morgan fingerprint density at radius 2 is 2.25 bits per heavy atom. The number of carbonyl (C=O) groups is 2. The van der Waals surface area contributed by atoms with Gasteiger partial charge in [0.05, 0.1) is 11.9 Å². The van der Waals surface area contributed by atoms with E-state index in [0.717, 1.165) is 5.39 Å². The van der Waals surface area contributed by atoms with Gasteiger partial charge in [-0.1, -0.05) is 0 Å². The molecule has 20 heavy (non-hydrogen) atoms. The summed E-state index contributed by atoms with van der Waals surface area (Å²) in [5, 5.41) is 11.0. The molecular weight excluding hydrogens is 278 g/mol. The van der Waals surface area contributed by atoms with Gasteiger partial charge in [-0.3, -0.25) is 9.59 Å². The second kappa shape index (κ2) is 5.83. The molecule has 2 aromatic rings. The number of hydrogen-bond donors (Lipinski definition) is 2. The number of thiophene rings is 1. The third kappa shape index (κ3) is 2.69. The number of nitrogen functional groups attached to an aromatic ring is 1. The minimum atomic E-state index is -0.214. The predicted molar refractivity (Wildman–Crippen MR) is 77.5 cm³/mol. The van der Waals surface area contributed by atoms with Crippen LogP contribution in [0.15, 0.2) is 12.3 Å². The Bertz CT molecular complexity index is 654. The number of amides is 2. The van der Waals surface area contributed by atoms with Gasteiger partial charge < -0.3 is 16.0 Å². The molecule has 106 valence electrons. The lowest BCUT2D eigenvalue weighted by Gasteiger charge is -2.15. The fourth-order valence-corrected chi connectivity index (χ4v) is 2.73. The zero-order valence-electron chi connectivity index (χ0n) is 11.2. The van der Waals surface area contributed by atoms with Gasteiger partial charge in [0.1, 0.15) is 9.71 Å². The Morgan fingerprint density at radius 3 is 2.90 bits per heavy atom. The number of anilines is 1. The van der Waals surface area contributed by atoms with E-state index in [4.69, 9.17) is 5.73 Å². The van der Waals surface area contributed by atoms with E-state index in [0.29, 0.717) is 21.9 Å². The molecule has 2 heterocycles. The maximum Gasteiger partial charge on any atom is 0.265 e. The molecule has 0 unspecified atom stereocenters. The molecule has 0 aliphatic heterocycles. The second-order valence-electron chi connectivity index (χ2n) is 4.24. The molecule has 0 aliphatic rings. The summed E-state index contributed by atoms with van der Waals surface area (Å²) in [6.45, 7) is 0.331. The highest BCUT2D eigenvalue weighted by molar-refractivity contribution is 7.21. The first-order valence-electron chi connectivity index (χ1n) is 6.00. The SMILES string of the molecule is CNC(=O)CCN(C)C(=O)c1sc2nnccc2c1N. The molecule has 0 radical (unpaired) electrons. The summed E-state index contributed by atoms with van der Waals surface area (Å²) in [5.41, 5.74) is 6.39. The fraction of sp³-hybridized carbons (Fsp3) is 0.333. The Morgan fingerprint density at radius 1 is 1.50 bits per heavy atom. The number of carbonyl (C=O) groups excluding carboxylic acids is 2. The molecule has 0 aromatic carbocycles. The van der Waals surface area contributed by atoms with Gasteiger partial charge in [0.25, 0.3) is 5.91 Å². The van der Waals surface area contributed by atoms with Crippen LogP contribution in [0.3, 0.4) is 0 Å². The van der Waals surface area contributed by atoms with Crippen molar-refractivity contribution in [3.8, 4) is 0 Å². The minimum Gasteiger partial charge on any atom is -0.397 e. The summed E-state index contributed by atoms with van der Waals surface area (Å²) < 4.78 is 0. The lowest BCUT2D eigenvalue weighted by molar-refractivity contribution is -0.120. The van der Waals surface area contributed by atoms with Crippen molar-refractivity contribution in [2.75, 3.05) is 26.4 Å². The smallest absolute Gasteiger partial charge is 0.265 e. The maximum atomic E-state index is 12.3. The van der Waals surface area contributed by atoms with Crippen LogP contribution in [-0.4, -0.2) is 47.6 Å². The molecule has 0 saturated carbocycles. The van der Waals surface area contributed by atoms with Crippen molar-refractivity contribution in [2.45, 2.75) is 6.42 Å². The highest BCUT2D eigenvalue weighted by atomic mass is 32.1. The molecule has 0 bridgehead atoms. The van der Waals surface area contributed by atoms with E-state index in [2.05, 4.69) is 15.5 Å². The number of nitrogens with one attached hydrogen (secondary N) is 1. The quantitative estimate of drug-likeness (QED) is 0.854. The molecular formula is C12H15N5O2S. The van der Waals surface area contributed by atoms with Gasteiger partial charge in [-0.2, -0.15) is 5.10 Å². The number of nitrogens with zero attached hydrogens (tertiary/aromatic N) is 3. The van der Waals surface area contributed by atoms with Crippen LogP contribution in [0, 0.1) is 0 Å². The van der Waals surface area contributed by atoms with Crippen LogP contribution >= 0.6 is 11.3 Å². The second-order valence-corrected chi connectivity index (χ2v) is 5.24. The summed E-state index contributed by atoms with van der Waals surface area (Å²) >= 11 is 1.21. The van der Waals surface area contributed by atoms with Crippen LogP contribution in [0.5, 0.6) is 0 Å². The molecule has 0 aliphatic carbocycles. The van der Waals surface area contributed by atoms with Gasteiger partial charge in [-0.25, -0.2) is 0 Å². The Labute approximate surface area is 119 Å². The van der Waals surface area contributed by atoms with Gasteiger partial charge in [0, 0.05) is 32.4 Å². The van der Waals surface area contributed by atoms with Crippen LogP contribution in [0.4, 0.5) is 5.69 Å². The largest absolute Gasteiger partial charge is 0.397 e. The first kappa shape index (κ1) is 14.2. The van der Waals surface area contributed by atoms with E-state index >= 15 is 0 Å². The van der Waals surface area contributed by atoms with Gasteiger partial charge in [0.2, 0.25) is 5.91 Å². The number of rotatable bonds is 4. The standard InChI is InChI=1S/C12H15N5O2S/c1-14-8(18)4-6-17(2)12(19)10-9(13)7-3-5-15-16-11(7)20-10/h3,5H,4,6,13H2,1-2H3,(H,14,18). The Hall–Kier alpha value is -2.22. The van der Waals surface area contributed by atoms with Gasteiger partial charge in [-0.15, -0.1) is 16.4 Å². The number of aromatic nitrogens is 2. The Balaban J connectivity index is 2.18. The molecule has 0 spiro atoms. The third-order valence-electron chi connectivity index (χ3n) is 2.91. The predicted octanol–water partition coefficient (Wildman–Crippen LogP) is 0.482. The van der Waals surface area contributed by atoms with E-state index in [1.54, 1.807) is 20.2 Å². The van der Waals surface area contributed by atoms with Crippen molar-refractivity contribution in [3.63, 3.8) is 0 Å². The monoisotopic (exact) mass is 293 g/mol. The first-order valence-corrected chi connectivity index (χ1v) is 6.82. The van der Waals surface area contributed by atoms with Crippen molar-refractivity contribution in [1.82, 2.24) is 20.4 Å². The van der Waals surface area contributed by atoms with Gasteiger partial charge in [-0.05, 0) is 6.07 Å². The molecule has 0 saturated heterocycles. The van der Waals surface area contributed by atoms with Crippen molar-refractivity contribution in [1.29, 1.82) is 0 Å². The first-order chi connectivity index (χ1) is 9.54. The molecule has 0 fully saturated rings. The number of fused-ring (bicyclic) bond motifs is 1. The van der Waals surface area contributed by atoms with Gasteiger partial charge >= 0.3 is 0 Å². The lowest BCUT2D eigenvalue weighted by atomic mass is 10.2. The maximum absolute atomic E-state index is 12.3. The molecule has 8 heteroatoms. The topological polar surface area (TPSA) is 101 Å². The van der Waals surface area contributed by atoms with E-state index in [1.807, 2.05) is 0 Å². The minimum absolute atomic E-state index is 0.111. The van der Waals surface area contributed by atoms with E-state index in [9.17, 15) is 9.59 Å². The van der Waals surface area contributed by atoms with Crippen molar-refractivity contribution in [3.05, 3.63) is 17.1 Å². The zero-order valence-corrected chi connectivity index (χ0v) is 12.0. The lowest BCUT2D eigenvalue weighted by Crippen LogP contribution is -2.31. The molecule has 0 atom stereocenters. The van der Waals surface area contributed by atoms with E-state index in [1.165, 1.54) is 22.4 Å². The zero-order chi connectivity index (χ0) is 14.7. The summed E-state index contributed by atoms with van der Waals surface area (Å²) in [7, 11) is 3.20. The van der Waals surface area contributed by atoms with Crippen molar-refractivity contribution >= 4 is 39.1 Å². The highest BCUT2D eigenvalue weighted by Gasteiger charge is 2.20. The van der Waals surface area contributed by atoms with Crippen LogP contribution < -0.4 is 11.1 Å². The van der Waals surface area contributed by atoms with Crippen molar-refractivity contribution in [2.24, 2.45) is 0 Å². The summed E-state index contributed by atoms with van der Waals surface area (Å²) in [5.74, 6) is -0.325. The number of nitrogens with two attached hydrogens (primary N) is 1. The summed E-state index contributed by atoms with van der Waals surface area (Å²) in [6.07, 6.45) is 1.79. The third-order valence-corrected chi connectivity index (χ3v) is 4.01. The highest BCUT2D eigenvalue weighted by Crippen LogP contribution is 2.32. The van der Waals surface area contributed by atoms with Crippen molar-refractivity contribution < 1.29 is 9.59 Å². The average Bonchev–Trinajstić information content (AvgIpc) is 2.81. The fourth-order valence-electron chi connectivity index (χ4n) is 1.70. The Kier molecular flexibility index (Phi) is 4.14. The molecule has 2 amide bonds. The van der Waals surface area contributed by atoms with Crippen LogP contribution in [-0.2, 0) is 4.79 Å². The van der Waals surface area contributed by atoms with Gasteiger partial charge in [0.15, 0.2) is 0 Å².